The lowest BCUT2D eigenvalue weighted by Gasteiger charge is -2.44. The molecule has 1 amide bonds. The molecule has 0 saturated carbocycles. The van der Waals surface area contributed by atoms with Crippen LogP contribution in [0, 0.1) is 0 Å². The van der Waals surface area contributed by atoms with E-state index in [-0.39, 0.29) is 16.9 Å². The van der Waals surface area contributed by atoms with Crippen molar-refractivity contribution in [1.29, 1.82) is 0 Å². The van der Waals surface area contributed by atoms with Crippen molar-refractivity contribution in [2.75, 3.05) is 38.7 Å². The Labute approximate surface area is 202 Å². The summed E-state index contributed by atoms with van der Waals surface area (Å²) in [6.07, 6.45) is -4.43. The van der Waals surface area contributed by atoms with Crippen molar-refractivity contribution in [1.82, 2.24) is 10.2 Å². The predicted octanol–water partition coefficient (Wildman–Crippen LogP) is 3.82. The Morgan fingerprint density at radius 3 is 2.63 bits per heavy atom. The highest BCUT2D eigenvalue weighted by molar-refractivity contribution is 5.95. The molecule has 2 aliphatic heterocycles. The first kappa shape index (κ1) is 25.1. The highest BCUT2D eigenvalue weighted by Crippen LogP contribution is 2.38. The molecule has 0 bridgehead atoms. The van der Waals surface area contributed by atoms with Gasteiger partial charge >= 0.3 is 6.36 Å². The minimum absolute atomic E-state index is 0.209. The molecular formula is C25H30F3N3O4. The van der Waals surface area contributed by atoms with Crippen molar-refractivity contribution in [2.45, 2.75) is 44.3 Å². The number of benzene rings is 2. The van der Waals surface area contributed by atoms with Crippen LogP contribution in [0.3, 0.4) is 0 Å². The number of nitrogens with zero attached hydrogens (tertiary/aromatic N) is 2. The third-order valence-corrected chi connectivity index (χ3v) is 6.67. The zero-order valence-electron chi connectivity index (χ0n) is 20.1. The second kappa shape index (κ2) is 9.23. The molecule has 2 heterocycles. The monoisotopic (exact) mass is 493 g/mol. The second-order valence-corrected chi connectivity index (χ2v) is 9.57. The van der Waals surface area contributed by atoms with E-state index in [2.05, 4.69) is 15.0 Å². The molecule has 0 unspecified atom stereocenters. The fraction of sp³-hybridized carbons (Fsp3) is 0.480. The van der Waals surface area contributed by atoms with E-state index < -0.39 is 23.9 Å². The number of carbonyl (C=O) groups excluding carboxylic acids is 1. The number of hydrogen-bond acceptors (Lipinski definition) is 6. The summed E-state index contributed by atoms with van der Waals surface area (Å²) in [5.41, 5.74) is 0.653. The molecule has 4 rings (SSSR count). The standard InChI is InChI=1S/C25H30F3N3O4/c1-15(29-23(32)16-5-8-20-22(11-16)34-10-9-24(20,2)33)19-7-6-17(12-21(19)35-25(26,27)28)31-13-18(14-31)30(3)4/h5-8,11-12,15,18,33H,9-10,13-14H2,1-4H3,(H,29,32)/t15-,24+/m0/s1. The zero-order valence-corrected chi connectivity index (χ0v) is 20.1. The Morgan fingerprint density at radius 2 is 1.97 bits per heavy atom. The number of aliphatic hydroxyl groups is 1. The number of hydrogen-bond donors (Lipinski definition) is 2. The number of amides is 1. The molecule has 0 aromatic heterocycles. The normalized spacial score (nSPS) is 21.1. The molecule has 2 aromatic rings. The van der Waals surface area contributed by atoms with Crippen molar-refractivity contribution in [3.8, 4) is 11.5 Å². The Hall–Kier alpha value is -2.98. The Bertz CT molecular complexity index is 1100. The molecule has 2 aliphatic rings. The summed E-state index contributed by atoms with van der Waals surface area (Å²) >= 11 is 0. The van der Waals surface area contributed by atoms with Crippen LogP contribution in [-0.2, 0) is 5.60 Å². The quantitative estimate of drug-likeness (QED) is 0.638. The lowest BCUT2D eigenvalue weighted by molar-refractivity contribution is -0.274. The number of ether oxygens (including phenoxy) is 2. The second-order valence-electron chi connectivity index (χ2n) is 9.57. The summed E-state index contributed by atoms with van der Waals surface area (Å²) < 4.78 is 49.4. The van der Waals surface area contributed by atoms with E-state index in [1.54, 1.807) is 38.1 Å². The Balaban J connectivity index is 1.53. The van der Waals surface area contributed by atoms with Gasteiger partial charge in [0, 0.05) is 54.0 Å². The van der Waals surface area contributed by atoms with Gasteiger partial charge in [-0.2, -0.15) is 0 Å². The topological polar surface area (TPSA) is 74.3 Å². The van der Waals surface area contributed by atoms with Crippen molar-refractivity contribution in [3.63, 3.8) is 0 Å². The number of anilines is 1. The van der Waals surface area contributed by atoms with Crippen LogP contribution in [0.2, 0.25) is 0 Å². The highest BCUT2D eigenvalue weighted by Gasteiger charge is 2.35. The predicted molar refractivity (Wildman–Crippen MR) is 125 cm³/mol. The third-order valence-electron chi connectivity index (χ3n) is 6.67. The van der Waals surface area contributed by atoms with Crippen molar-refractivity contribution in [3.05, 3.63) is 53.1 Å². The van der Waals surface area contributed by atoms with E-state index in [1.807, 2.05) is 19.0 Å². The molecule has 2 N–H and O–H groups in total. The lowest BCUT2D eigenvalue weighted by Crippen LogP contribution is -2.57. The molecular weight excluding hydrogens is 463 g/mol. The largest absolute Gasteiger partial charge is 0.573 e. The molecule has 0 radical (unpaired) electrons. The first-order chi connectivity index (χ1) is 16.3. The van der Waals surface area contributed by atoms with Crippen LogP contribution >= 0.6 is 0 Å². The smallest absolute Gasteiger partial charge is 0.493 e. The van der Waals surface area contributed by atoms with Gasteiger partial charge in [-0.1, -0.05) is 12.1 Å². The molecule has 190 valence electrons. The van der Waals surface area contributed by atoms with Gasteiger partial charge in [0.2, 0.25) is 0 Å². The van der Waals surface area contributed by atoms with Gasteiger partial charge in [-0.25, -0.2) is 0 Å². The lowest BCUT2D eigenvalue weighted by atomic mass is 9.89. The van der Waals surface area contributed by atoms with Gasteiger partial charge < -0.3 is 29.7 Å². The van der Waals surface area contributed by atoms with E-state index in [4.69, 9.17) is 4.74 Å². The molecule has 10 heteroatoms. The summed E-state index contributed by atoms with van der Waals surface area (Å²) in [5, 5.41) is 13.2. The van der Waals surface area contributed by atoms with Crippen LogP contribution in [0.5, 0.6) is 11.5 Å². The Kier molecular flexibility index (Phi) is 6.63. The van der Waals surface area contributed by atoms with Crippen molar-refractivity contribution < 1.29 is 32.5 Å². The summed E-state index contributed by atoms with van der Waals surface area (Å²) in [6, 6.07) is 8.96. The van der Waals surface area contributed by atoms with E-state index in [9.17, 15) is 23.1 Å². The molecule has 0 spiro atoms. The van der Waals surface area contributed by atoms with Crippen LogP contribution in [0.15, 0.2) is 36.4 Å². The third kappa shape index (κ3) is 5.48. The molecule has 1 saturated heterocycles. The van der Waals surface area contributed by atoms with Crippen LogP contribution in [0.4, 0.5) is 18.9 Å². The summed E-state index contributed by atoms with van der Waals surface area (Å²) in [7, 11) is 3.93. The number of alkyl halides is 3. The molecule has 35 heavy (non-hydrogen) atoms. The molecule has 2 atom stereocenters. The van der Waals surface area contributed by atoms with Gasteiger partial charge in [0.15, 0.2) is 0 Å². The molecule has 2 aromatic carbocycles. The number of carbonyl (C=O) groups is 1. The maximum Gasteiger partial charge on any atom is 0.573 e. The highest BCUT2D eigenvalue weighted by atomic mass is 19.4. The van der Waals surface area contributed by atoms with Gasteiger partial charge in [0.05, 0.1) is 18.2 Å². The van der Waals surface area contributed by atoms with E-state index >= 15 is 0 Å². The first-order valence-corrected chi connectivity index (χ1v) is 11.5. The minimum Gasteiger partial charge on any atom is -0.493 e. The number of fused-ring (bicyclic) bond motifs is 1. The van der Waals surface area contributed by atoms with E-state index in [0.29, 0.717) is 49.2 Å². The Morgan fingerprint density at radius 1 is 1.26 bits per heavy atom. The van der Waals surface area contributed by atoms with Crippen LogP contribution < -0.4 is 19.7 Å². The zero-order chi connectivity index (χ0) is 25.5. The summed E-state index contributed by atoms with van der Waals surface area (Å²) in [6.45, 7) is 5.01. The number of rotatable bonds is 6. The van der Waals surface area contributed by atoms with Gasteiger partial charge in [-0.15, -0.1) is 13.2 Å². The van der Waals surface area contributed by atoms with Crippen molar-refractivity contribution >= 4 is 11.6 Å². The summed E-state index contributed by atoms with van der Waals surface area (Å²) in [5.74, 6) is -0.411. The molecule has 7 nitrogen and oxygen atoms in total. The van der Waals surface area contributed by atoms with Crippen molar-refractivity contribution in [2.24, 2.45) is 0 Å². The molecule has 1 fully saturated rings. The van der Waals surface area contributed by atoms with Gasteiger partial charge in [0.25, 0.3) is 5.91 Å². The number of likely N-dealkylation sites (N-methyl/N-ethyl adjacent to an activating group) is 1. The number of halogens is 3. The van der Waals surface area contributed by atoms with Crippen LogP contribution in [0.1, 0.15) is 47.8 Å². The minimum atomic E-state index is -4.87. The van der Waals surface area contributed by atoms with Gasteiger partial charge in [0.1, 0.15) is 11.5 Å². The van der Waals surface area contributed by atoms with Gasteiger partial charge in [-0.3, -0.25) is 4.79 Å². The maximum absolute atomic E-state index is 13.2. The summed E-state index contributed by atoms with van der Waals surface area (Å²) in [4.78, 5) is 16.9. The SMILES string of the molecule is C[C@H](NC(=O)c1ccc2c(c1)OCC[C@@]2(C)O)c1ccc(N2CC(N(C)C)C2)cc1OC(F)(F)F. The molecule has 0 aliphatic carbocycles. The first-order valence-electron chi connectivity index (χ1n) is 11.5. The van der Waals surface area contributed by atoms with E-state index in [1.165, 1.54) is 12.1 Å². The van der Waals surface area contributed by atoms with Crippen LogP contribution in [0.25, 0.3) is 0 Å². The fourth-order valence-corrected chi connectivity index (χ4v) is 4.36. The average Bonchev–Trinajstić information content (AvgIpc) is 2.70. The maximum atomic E-state index is 13.2. The number of nitrogens with one attached hydrogen (secondary N) is 1. The van der Waals surface area contributed by atoms with Crippen LogP contribution in [-0.4, -0.2) is 62.1 Å². The van der Waals surface area contributed by atoms with Gasteiger partial charge in [-0.05, 0) is 46.1 Å². The fourth-order valence-electron chi connectivity index (χ4n) is 4.36. The average molecular weight is 494 g/mol. The van der Waals surface area contributed by atoms with E-state index in [0.717, 1.165) is 0 Å².